The molecule has 7 heteroatoms. The molecule has 0 aromatic heterocycles. The van der Waals surface area contributed by atoms with Crippen molar-refractivity contribution in [3.8, 4) is 11.5 Å². The summed E-state index contributed by atoms with van der Waals surface area (Å²) in [6.45, 7) is 2.89. The number of ether oxygens (including phenoxy) is 1. The number of carbonyl (C=O) groups is 2. The fourth-order valence-electron chi connectivity index (χ4n) is 3.06. The van der Waals surface area contributed by atoms with Crippen molar-refractivity contribution in [2.45, 2.75) is 12.5 Å². The van der Waals surface area contributed by atoms with Gasteiger partial charge in [-0.25, -0.2) is 4.79 Å². The van der Waals surface area contributed by atoms with Gasteiger partial charge in [-0.1, -0.05) is 30.3 Å². The van der Waals surface area contributed by atoms with E-state index in [-0.39, 0.29) is 12.3 Å². The monoisotopic (exact) mass is 368 g/mol. The summed E-state index contributed by atoms with van der Waals surface area (Å²) in [5, 5.41) is 5.89. The molecule has 1 fully saturated rings. The summed E-state index contributed by atoms with van der Waals surface area (Å²) in [5.41, 5.74) is 6.10. The number of primary amides is 1. The van der Waals surface area contributed by atoms with E-state index in [1.165, 1.54) is 0 Å². The molecule has 0 spiro atoms. The van der Waals surface area contributed by atoms with Gasteiger partial charge in [-0.3, -0.25) is 4.79 Å². The third-order valence-corrected chi connectivity index (χ3v) is 4.40. The average Bonchev–Trinajstić information content (AvgIpc) is 2.69. The van der Waals surface area contributed by atoms with Crippen LogP contribution in [0.1, 0.15) is 18.0 Å². The molecule has 3 rings (SSSR count). The Morgan fingerprint density at radius 2 is 1.78 bits per heavy atom. The Balaban J connectivity index is 1.74. The first-order chi connectivity index (χ1) is 13.1. The molecular weight excluding hydrogens is 344 g/mol. The number of nitrogens with two attached hydrogens (primary N) is 1. The van der Waals surface area contributed by atoms with Crippen molar-refractivity contribution in [2.24, 2.45) is 5.73 Å². The quantitative estimate of drug-likeness (QED) is 0.727. The number of piperazine rings is 1. The van der Waals surface area contributed by atoms with E-state index in [2.05, 4.69) is 10.6 Å². The minimum Gasteiger partial charge on any atom is -0.457 e. The summed E-state index contributed by atoms with van der Waals surface area (Å²) in [4.78, 5) is 25.9. The van der Waals surface area contributed by atoms with E-state index in [0.29, 0.717) is 24.6 Å². The van der Waals surface area contributed by atoms with E-state index in [9.17, 15) is 9.59 Å². The van der Waals surface area contributed by atoms with Crippen molar-refractivity contribution in [2.75, 3.05) is 26.2 Å². The smallest absolute Gasteiger partial charge is 0.312 e. The zero-order valence-electron chi connectivity index (χ0n) is 15.1. The molecule has 0 radical (unpaired) electrons. The van der Waals surface area contributed by atoms with Crippen LogP contribution in [0.25, 0.3) is 0 Å². The van der Waals surface area contributed by atoms with Gasteiger partial charge in [-0.2, -0.15) is 0 Å². The molecule has 2 aromatic rings. The third kappa shape index (κ3) is 5.46. The first-order valence-electron chi connectivity index (χ1n) is 8.99. The largest absolute Gasteiger partial charge is 0.457 e. The van der Waals surface area contributed by atoms with Crippen LogP contribution in [-0.2, 0) is 4.79 Å². The lowest BCUT2D eigenvalue weighted by molar-refractivity contribution is -0.132. The second kappa shape index (κ2) is 9.05. The Morgan fingerprint density at radius 3 is 2.48 bits per heavy atom. The lowest BCUT2D eigenvalue weighted by Gasteiger charge is -2.29. The highest BCUT2D eigenvalue weighted by atomic mass is 16.5. The maximum Gasteiger partial charge on any atom is 0.312 e. The number of rotatable bonds is 6. The molecule has 27 heavy (non-hydrogen) atoms. The van der Waals surface area contributed by atoms with Crippen LogP contribution in [0.5, 0.6) is 11.5 Å². The number of urea groups is 1. The van der Waals surface area contributed by atoms with Crippen molar-refractivity contribution in [3.05, 3.63) is 60.2 Å². The molecule has 1 aliphatic rings. The normalized spacial score (nSPS) is 15.0. The van der Waals surface area contributed by atoms with Gasteiger partial charge in [0.25, 0.3) is 0 Å². The van der Waals surface area contributed by atoms with Gasteiger partial charge in [0.15, 0.2) is 0 Å². The highest BCUT2D eigenvalue weighted by Gasteiger charge is 2.23. The molecule has 1 aliphatic heterocycles. The van der Waals surface area contributed by atoms with Gasteiger partial charge in [0, 0.05) is 26.2 Å². The van der Waals surface area contributed by atoms with Crippen LogP contribution in [0, 0.1) is 0 Å². The van der Waals surface area contributed by atoms with Crippen LogP contribution in [0.15, 0.2) is 54.6 Å². The molecule has 0 bridgehead atoms. The number of amides is 3. The van der Waals surface area contributed by atoms with Crippen molar-refractivity contribution in [1.82, 2.24) is 15.5 Å². The van der Waals surface area contributed by atoms with Crippen molar-refractivity contribution >= 4 is 11.9 Å². The Labute approximate surface area is 158 Å². The molecule has 4 N–H and O–H groups in total. The second-order valence-corrected chi connectivity index (χ2v) is 6.38. The highest BCUT2D eigenvalue weighted by molar-refractivity contribution is 5.79. The molecule has 7 nitrogen and oxygen atoms in total. The molecular formula is C20H24N4O3. The number of hydrogen-bond donors (Lipinski definition) is 3. The molecule has 142 valence electrons. The first-order valence-corrected chi connectivity index (χ1v) is 8.99. The van der Waals surface area contributed by atoms with Crippen LogP contribution < -0.4 is 21.1 Å². The highest BCUT2D eigenvalue weighted by Crippen LogP contribution is 2.26. The average molecular weight is 368 g/mol. The molecule has 1 atom stereocenters. The fraction of sp³-hybridized carbons (Fsp3) is 0.300. The summed E-state index contributed by atoms with van der Waals surface area (Å²) in [7, 11) is 0. The summed E-state index contributed by atoms with van der Waals surface area (Å²) < 4.78 is 5.85. The summed E-state index contributed by atoms with van der Waals surface area (Å²) in [6, 6.07) is 15.6. The van der Waals surface area contributed by atoms with Crippen LogP contribution in [0.4, 0.5) is 4.79 Å². The van der Waals surface area contributed by atoms with Gasteiger partial charge < -0.3 is 26.0 Å². The van der Waals surface area contributed by atoms with Crippen molar-refractivity contribution < 1.29 is 14.3 Å². The predicted molar refractivity (Wildman–Crippen MR) is 102 cm³/mol. The van der Waals surface area contributed by atoms with E-state index in [0.717, 1.165) is 18.7 Å². The van der Waals surface area contributed by atoms with Crippen molar-refractivity contribution in [1.29, 1.82) is 0 Å². The van der Waals surface area contributed by atoms with Gasteiger partial charge in [0.1, 0.15) is 11.5 Å². The van der Waals surface area contributed by atoms with Crippen LogP contribution >= 0.6 is 0 Å². The maximum absolute atomic E-state index is 12.6. The van der Waals surface area contributed by atoms with Crippen LogP contribution in [0.2, 0.25) is 0 Å². The Hall–Kier alpha value is -3.06. The van der Waals surface area contributed by atoms with Gasteiger partial charge in [0.05, 0.1) is 12.5 Å². The number of nitrogens with one attached hydrogen (secondary N) is 2. The van der Waals surface area contributed by atoms with Crippen molar-refractivity contribution in [3.63, 3.8) is 0 Å². The molecule has 3 amide bonds. The van der Waals surface area contributed by atoms with E-state index >= 15 is 0 Å². The Bertz CT molecular complexity index is 776. The number of hydrogen-bond acceptors (Lipinski definition) is 4. The first kappa shape index (κ1) is 18.7. The van der Waals surface area contributed by atoms with E-state index in [4.69, 9.17) is 10.5 Å². The SMILES string of the molecule is NC(=O)NC(CC(=O)N1CCNCC1)c1cccc(Oc2ccccc2)c1. The Morgan fingerprint density at radius 1 is 1.07 bits per heavy atom. The molecule has 1 unspecified atom stereocenters. The fourth-order valence-corrected chi connectivity index (χ4v) is 3.06. The third-order valence-electron chi connectivity index (χ3n) is 4.40. The van der Waals surface area contributed by atoms with Gasteiger partial charge in [0.2, 0.25) is 5.91 Å². The summed E-state index contributed by atoms with van der Waals surface area (Å²) in [5.74, 6) is 1.33. The molecule has 2 aromatic carbocycles. The summed E-state index contributed by atoms with van der Waals surface area (Å²) >= 11 is 0. The minimum atomic E-state index is -0.664. The van der Waals surface area contributed by atoms with E-state index in [1.54, 1.807) is 4.90 Å². The standard InChI is InChI=1S/C20H24N4O3/c21-20(26)23-18(14-19(25)24-11-9-22-10-12-24)15-5-4-8-17(13-15)27-16-6-2-1-3-7-16/h1-8,13,18,22H,9-12,14H2,(H3,21,23,26). The van der Waals surface area contributed by atoms with E-state index in [1.807, 2.05) is 54.6 Å². The number of para-hydroxylation sites is 1. The number of carbonyl (C=O) groups excluding carboxylic acids is 2. The number of benzene rings is 2. The zero-order chi connectivity index (χ0) is 19.1. The van der Waals surface area contributed by atoms with Crippen LogP contribution in [-0.4, -0.2) is 43.0 Å². The Kier molecular flexibility index (Phi) is 6.27. The minimum absolute atomic E-state index is 0.00960. The topological polar surface area (TPSA) is 96.7 Å². The van der Waals surface area contributed by atoms with Gasteiger partial charge in [-0.15, -0.1) is 0 Å². The predicted octanol–water partition coefficient (Wildman–Crippen LogP) is 2.01. The van der Waals surface area contributed by atoms with Crippen LogP contribution in [0.3, 0.4) is 0 Å². The molecule has 0 aliphatic carbocycles. The van der Waals surface area contributed by atoms with Gasteiger partial charge in [-0.05, 0) is 29.8 Å². The lowest BCUT2D eigenvalue weighted by Crippen LogP contribution is -2.47. The molecule has 1 heterocycles. The number of nitrogens with zero attached hydrogens (tertiary/aromatic N) is 1. The molecule has 1 saturated heterocycles. The second-order valence-electron chi connectivity index (χ2n) is 6.38. The lowest BCUT2D eigenvalue weighted by atomic mass is 10.0. The maximum atomic E-state index is 12.6. The van der Waals surface area contributed by atoms with E-state index < -0.39 is 12.1 Å². The zero-order valence-corrected chi connectivity index (χ0v) is 15.1. The summed E-state index contributed by atoms with van der Waals surface area (Å²) in [6.07, 6.45) is 0.151. The van der Waals surface area contributed by atoms with Gasteiger partial charge >= 0.3 is 6.03 Å². The molecule has 0 saturated carbocycles.